The molecule has 3 aromatic rings. The topological polar surface area (TPSA) is 96.2 Å². The molecule has 0 radical (unpaired) electrons. The minimum Gasteiger partial charge on any atom is -0.496 e. The Morgan fingerprint density at radius 2 is 1.66 bits per heavy atom. The van der Waals surface area contributed by atoms with Crippen LogP contribution in [-0.2, 0) is 6.42 Å². The van der Waals surface area contributed by atoms with E-state index >= 15 is 0 Å². The molecule has 0 N–H and O–H groups in total. The maximum atomic E-state index is 13.2. The van der Waals surface area contributed by atoms with E-state index in [0.717, 1.165) is 11.3 Å². The van der Waals surface area contributed by atoms with Gasteiger partial charge in [0, 0.05) is 30.6 Å². The molecule has 2 heterocycles. The van der Waals surface area contributed by atoms with Gasteiger partial charge in [-0.2, -0.15) is 4.98 Å². The first-order valence-electron chi connectivity index (χ1n) is 11.9. The SMILES string of the molecule is CCOc1cc(C(=O)N2CC(c3nc(Cc4ccccc4OC)no3)C2)cc(OCC)c1OCC. The number of hydrogen-bond acceptors (Lipinski definition) is 8. The molecule has 0 unspecified atom stereocenters. The quantitative estimate of drug-likeness (QED) is 0.404. The molecule has 1 saturated heterocycles. The number of rotatable bonds is 11. The number of carbonyl (C=O) groups is 1. The number of nitrogens with zero attached hydrogens (tertiary/aromatic N) is 3. The number of methoxy groups -OCH3 is 1. The fourth-order valence-electron chi connectivity index (χ4n) is 4.02. The Hall–Kier alpha value is -3.75. The third-order valence-corrected chi connectivity index (χ3v) is 5.70. The summed E-state index contributed by atoms with van der Waals surface area (Å²) in [7, 11) is 1.64. The number of hydrogen-bond donors (Lipinski definition) is 0. The number of ether oxygens (including phenoxy) is 4. The Bertz CT molecular complexity index is 1130. The summed E-state index contributed by atoms with van der Waals surface area (Å²) in [5, 5.41) is 4.12. The molecule has 4 rings (SSSR count). The second-order valence-electron chi connectivity index (χ2n) is 8.05. The largest absolute Gasteiger partial charge is 0.496 e. The van der Waals surface area contributed by atoms with Crippen molar-refractivity contribution in [3.05, 3.63) is 59.2 Å². The van der Waals surface area contributed by atoms with Gasteiger partial charge in [0.2, 0.25) is 11.6 Å². The van der Waals surface area contributed by atoms with Gasteiger partial charge >= 0.3 is 0 Å². The highest BCUT2D eigenvalue weighted by Gasteiger charge is 2.36. The molecular formula is C26H31N3O6. The Morgan fingerprint density at radius 1 is 1.00 bits per heavy atom. The van der Waals surface area contributed by atoms with Crippen molar-refractivity contribution in [2.75, 3.05) is 40.0 Å². The van der Waals surface area contributed by atoms with Gasteiger partial charge in [-0.25, -0.2) is 0 Å². The molecule has 9 nitrogen and oxygen atoms in total. The van der Waals surface area contributed by atoms with Gasteiger partial charge in [-0.15, -0.1) is 0 Å². The van der Waals surface area contributed by atoms with Gasteiger partial charge in [-0.05, 0) is 39.0 Å². The summed E-state index contributed by atoms with van der Waals surface area (Å²) in [6.07, 6.45) is 0.509. The molecule has 1 aromatic heterocycles. The van der Waals surface area contributed by atoms with E-state index in [2.05, 4.69) is 10.1 Å². The molecule has 2 aromatic carbocycles. The van der Waals surface area contributed by atoms with Crippen molar-refractivity contribution in [3.63, 3.8) is 0 Å². The summed E-state index contributed by atoms with van der Waals surface area (Å²) in [4.78, 5) is 19.5. The molecule has 1 amide bonds. The van der Waals surface area contributed by atoms with E-state index in [1.54, 1.807) is 24.1 Å². The molecule has 186 valence electrons. The summed E-state index contributed by atoms with van der Waals surface area (Å²) in [5.74, 6) is 3.31. The van der Waals surface area contributed by atoms with E-state index < -0.39 is 0 Å². The first-order valence-corrected chi connectivity index (χ1v) is 11.9. The number of likely N-dealkylation sites (tertiary alicyclic amines) is 1. The first kappa shape index (κ1) is 24.4. The minimum absolute atomic E-state index is 0.00158. The second-order valence-corrected chi connectivity index (χ2v) is 8.05. The fourth-order valence-corrected chi connectivity index (χ4v) is 4.02. The van der Waals surface area contributed by atoms with E-state index in [9.17, 15) is 4.79 Å². The lowest BCUT2D eigenvalue weighted by atomic mass is 9.98. The van der Waals surface area contributed by atoms with Crippen LogP contribution in [-0.4, -0.2) is 61.0 Å². The lowest BCUT2D eigenvalue weighted by Gasteiger charge is -2.37. The number of para-hydroxylation sites is 1. The number of carbonyl (C=O) groups excluding carboxylic acids is 1. The highest BCUT2D eigenvalue weighted by Crippen LogP contribution is 2.40. The predicted molar refractivity (Wildman–Crippen MR) is 129 cm³/mol. The van der Waals surface area contributed by atoms with Gasteiger partial charge in [0.05, 0.1) is 32.8 Å². The summed E-state index contributed by atoms with van der Waals surface area (Å²) in [5.41, 5.74) is 1.47. The number of benzene rings is 2. The average molecular weight is 482 g/mol. The summed E-state index contributed by atoms with van der Waals surface area (Å²) >= 11 is 0. The van der Waals surface area contributed by atoms with E-state index in [0.29, 0.717) is 73.9 Å². The number of amides is 1. The molecule has 0 saturated carbocycles. The standard InChI is InChI=1S/C26H31N3O6/c1-5-32-21-12-18(13-22(33-6-2)24(21)34-7-3)26(30)29-15-19(16-29)25-27-23(28-35-25)14-17-10-8-9-11-20(17)31-4/h8-13,19H,5-7,14-16H2,1-4H3. The average Bonchev–Trinajstić information content (AvgIpc) is 3.28. The maximum absolute atomic E-state index is 13.2. The van der Waals surface area contributed by atoms with Gasteiger partial charge in [-0.3, -0.25) is 4.79 Å². The lowest BCUT2D eigenvalue weighted by Crippen LogP contribution is -2.48. The van der Waals surface area contributed by atoms with Gasteiger partial charge in [0.1, 0.15) is 5.75 Å². The number of aromatic nitrogens is 2. The summed E-state index contributed by atoms with van der Waals surface area (Å²) < 4.78 is 28.1. The summed E-state index contributed by atoms with van der Waals surface area (Å²) in [6.45, 7) is 8.02. The molecule has 35 heavy (non-hydrogen) atoms. The molecule has 9 heteroatoms. The van der Waals surface area contributed by atoms with Crippen LogP contribution in [0.5, 0.6) is 23.0 Å². The highest BCUT2D eigenvalue weighted by molar-refractivity contribution is 5.96. The van der Waals surface area contributed by atoms with Crippen LogP contribution >= 0.6 is 0 Å². The van der Waals surface area contributed by atoms with Crippen molar-refractivity contribution < 1.29 is 28.3 Å². The third kappa shape index (κ3) is 5.34. The van der Waals surface area contributed by atoms with E-state index in [-0.39, 0.29) is 11.8 Å². The van der Waals surface area contributed by atoms with Crippen molar-refractivity contribution in [1.29, 1.82) is 0 Å². The molecule has 0 aliphatic carbocycles. The van der Waals surface area contributed by atoms with Crippen LogP contribution < -0.4 is 18.9 Å². The van der Waals surface area contributed by atoms with Crippen LogP contribution in [0.2, 0.25) is 0 Å². The zero-order valence-corrected chi connectivity index (χ0v) is 20.6. The van der Waals surface area contributed by atoms with E-state index in [1.807, 2.05) is 45.0 Å². The Balaban J connectivity index is 1.44. The summed E-state index contributed by atoms with van der Waals surface area (Å²) in [6, 6.07) is 11.2. The molecule has 0 bridgehead atoms. The normalized spacial score (nSPS) is 13.3. The maximum Gasteiger partial charge on any atom is 0.254 e. The van der Waals surface area contributed by atoms with Crippen LogP contribution in [0.4, 0.5) is 0 Å². The van der Waals surface area contributed by atoms with Crippen molar-refractivity contribution in [2.24, 2.45) is 0 Å². The Morgan fingerprint density at radius 3 is 2.29 bits per heavy atom. The van der Waals surface area contributed by atoms with Gasteiger partial charge in [0.25, 0.3) is 5.91 Å². The van der Waals surface area contributed by atoms with Crippen LogP contribution in [0, 0.1) is 0 Å². The molecule has 1 aliphatic heterocycles. The lowest BCUT2D eigenvalue weighted by molar-refractivity contribution is 0.0568. The van der Waals surface area contributed by atoms with E-state index in [4.69, 9.17) is 23.5 Å². The predicted octanol–water partition coefficient (Wildman–Crippen LogP) is 4.10. The molecule has 0 spiro atoms. The molecular weight excluding hydrogens is 450 g/mol. The second kappa shape index (κ2) is 11.1. The van der Waals surface area contributed by atoms with Crippen molar-refractivity contribution in [1.82, 2.24) is 15.0 Å². The van der Waals surface area contributed by atoms with Crippen LogP contribution in [0.15, 0.2) is 40.9 Å². The Labute approximate surface area is 204 Å². The molecule has 1 fully saturated rings. The third-order valence-electron chi connectivity index (χ3n) is 5.70. The zero-order chi connectivity index (χ0) is 24.8. The van der Waals surface area contributed by atoms with Crippen molar-refractivity contribution >= 4 is 5.91 Å². The van der Waals surface area contributed by atoms with Crippen LogP contribution in [0.1, 0.15) is 54.3 Å². The highest BCUT2D eigenvalue weighted by atomic mass is 16.5. The smallest absolute Gasteiger partial charge is 0.254 e. The first-order chi connectivity index (χ1) is 17.1. The van der Waals surface area contributed by atoms with Crippen molar-refractivity contribution in [2.45, 2.75) is 33.1 Å². The van der Waals surface area contributed by atoms with Gasteiger partial charge in [0.15, 0.2) is 17.3 Å². The minimum atomic E-state index is -0.111. The zero-order valence-electron chi connectivity index (χ0n) is 20.6. The van der Waals surface area contributed by atoms with E-state index in [1.165, 1.54) is 0 Å². The van der Waals surface area contributed by atoms with Crippen LogP contribution in [0.25, 0.3) is 0 Å². The van der Waals surface area contributed by atoms with Crippen LogP contribution in [0.3, 0.4) is 0 Å². The van der Waals surface area contributed by atoms with Gasteiger partial charge < -0.3 is 28.4 Å². The van der Waals surface area contributed by atoms with Crippen molar-refractivity contribution in [3.8, 4) is 23.0 Å². The van der Waals surface area contributed by atoms with Gasteiger partial charge in [-0.1, -0.05) is 23.4 Å². The monoisotopic (exact) mass is 481 g/mol. The molecule has 1 aliphatic rings. The fraction of sp³-hybridized carbons (Fsp3) is 0.423. The Kier molecular flexibility index (Phi) is 7.74. The molecule has 0 atom stereocenters.